The molecule has 0 unspecified atom stereocenters. The van der Waals surface area contributed by atoms with E-state index in [1.54, 1.807) is 46.0 Å². The van der Waals surface area contributed by atoms with Crippen LogP contribution in [0.3, 0.4) is 0 Å². The van der Waals surface area contributed by atoms with Gasteiger partial charge in [-0.05, 0) is 41.1 Å². The SMILES string of the molecule is Cc1c(-c2ccnc3cc(C(=O)Nc4ccc(Br)cn4)nn23)cnn1C. The van der Waals surface area contributed by atoms with Crippen LogP contribution in [0.25, 0.3) is 16.9 Å². The number of halogens is 1. The molecule has 0 radical (unpaired) electrons. The number of nitrogens with one attached hydrogen (secondary N) is 1. The summed E-state index contributed by atoms with van der Waals surface area (Å²) >= 11 is 3.31. The number of nitrogens with zero attached hydrogens (tertiary/aromatic N) is 6. The Labute approximate surface area is 157 Å². The van der Waals surface area contributed by atoms with Crippen molar-refractivity contribution >= 4 is 33.3 Å². The standard InChI is InChI=1S/C17H14BrN7O/c1-10-12(9-21-24(10)2)14-5-6-19-16-7-13(23-25(14)16)17(26)22-15-4-3-11(18)8-20-15/h3-9H,1-2H3,(H,20,22,26). The van der Waals surface area contributed by atoms with Crippen molar-refractivity contribution in [2.45, 2.75) is 6.92 Å². The number of hydrogen-bond donors (Lipinski definition) is 1. The van der Waals surface area contributed by atoms with Crippen LogP contribution in [0, 0.1) is 6.92 Å². The fourth-order valence-electron chi connectivity index (χ4n) is 2.59. The van der Waals surface area contributed by atoms with Gasteiger partial charge in [0.15, 0.2) is 11.3 Å². The Bertz CT molecular complexity index is 1110. The van der Waals surface area contributed by atoms with Gasteiger partial charge in [-0.15, -0.1) is 0 Å². The lowest BCUT2D eigenvalue weighted by Gasteiger charge is -2.04. The summed E-state index contributed by atoms with van der Waals surface area (Å²) < 4.78 is 4.27. The number of carbonyl (C=O) groups excluding carboxylic acids is 1. The van der Waals surface area contributed by atoms with Crippen molar-refractivity contribution in [1.29, 1.82) is 0 Å². The van der Waals surface area contributed by atoms with E-state index in [0.717, 1.165) is 21.4 Å². The highest BCUT2D eigenvalue weighted by Gasteiger charge is 2.16. The Morgan fingerprint density at radius 3 is 2.73 bits per heavy atom. The van der Waals surface area contributed by atoms with Crippen molar-refractivity contribution in [3.63, 3.8) is 0 Å². The lowest BCUT2D eigenvalue weighted by atomic mass is 10.2. The predicted octanol–water partition coefficient (Wildman–Crippen LogP) is 2.85. The van der Waals surface area contributed by atoms with E-state index in [0.29, 0.717) is 11.5 Å². The summed E-state index contributed by atoms with van der Waals surface area (Å²) in [5.74, 6) is 0.103. The largest absolute Gasteiger partial charge is 0.305 e. The third-order valence-corrected chi connectivity index (χ3v) is 4.54. The van der Waals surface area contributed by atoms with E-state index >= 15 is 0 Å². The number of pyridine rings is 1. The van der Waals surface area contributed by atoms with Crippen molar-refractivity contribution in [2.75, 3.05) is 5.32 Å². The van der Waals surface area contributed by atoms with Crippen molar-refractivity contribution in [1.82, 2.24) is 29.4 Å². The van der Waals surface area contributed by atoms with Crippen LogP contribution in [0.15, 0.2) is 47.3 Å². The van der Waals surface area contributed by atoms with E-state index in [9.17, 15) is 4.79 Å². The summed E-state index contributed by atoms with van der Waals surface area (Å²) in [5.41, 5.74) is 3.60. The van der Waals surface area contributed by atoms with Crippen LogP contribution in [0.2, 0.25) is 0 Å². The molecule has 9 heteroatoms. The van der Waals surface area contributed by atoms with E-state index in [2.05, 4.69) is 41.4 Å². The first-order chi connectivity index (χ1) is 12.5. The normalized spacial score (nSPS) is 11.0. The van der Waals surface area contributed by atoms with Crippen LogP contribution in [0.5, 0.6) is 0 Å². The number of carbonyl (C=O) groups is 1. The predicted molar refractivity (Wildman–Crippen MR) is 99.8 cm³/mol. The summed E-state index contributed by atoms with van der Waals surface area (Å²) in [6.07, 6.45) is 5.08. The zero-order chi connectivity index (χ0) is 18.3. The van der Waals surface area contributed by atoms with Gasteiger partial charge in [-0.25, -0.2) is 14.5 Å². The van der Waals surface area contributed by atoms with Gasteiger partial charge in [-0.2, -0.15) is 10.2 Å². The van der Waals surface area contributed by atoms with E-state index in [1.807, 2.05) is 20.0 Å². The van der Waals surface area contributed by atoms with Crippen LogP contribution in [-0.4, -0.2) is 35.3 Å². The molecule has 0 aliphatic carbocycles. The highest BCUT2D eigenvalue weighted by Crippen LogP contribution is 2.23. The minimum absolute atomic E-state index is 0.260. The number of rotatable bonds is 3. The number of aromatic nitrogens is 6. The van der Waals surface area contributed by atoms with Gasteiger partial charge < -0.3 is 5.32 Å². The van der Waals surface area contributed by atoms with Gasteiger partial charge >= 0.3 is 0 Å². The van der Waals surface area contributed by atoms with Crippen molar-refractivity contribution in [2.24, 2.45) is 7.05 Å². The first-order valence-corrected chi connectivity index (χ1v) is 8.59. The quantitative estimate of drug-likeness (QED) is 0.559. The van der Waals surface area contributed by atoms with Crippen LogP contribution in [0.1, 0.15) is 16.2 Å². The smallest absolute Gasteiger partial charge is 0.277 e. The molecular formula is C17H14BrN7O. The van der Waals surface area contributed by atoms with Crippen LogP contribution >= 0.6 is 15.9 Å². The van der Waals surface area contributed by atoms with Gasteiger partial charge in [-0.1, -0.05) is 0 Å². The monoisotopic (exact) mass is 411 g/mol. The first-order valence-electron chi connectivity index (χ1n) is 7.79. The molecular weight excluding hydrogens is 398 g/mol. The Morgan fingerprint density at radius 2 is 2.04 bits per heavy atom. The average molecular weight is 412 g/mol. The van der Waals surface area contributed by atoms with Crippen LogP contribution in [0.4, 0.5) is 5.82 Å². The molecule has 26 heavy (non-hydrogen) atoms. The Balaban J connectivity index is 1.71. The Hall–Kier alpha value is -3.07. The molecule has 0 aliphatic heterocycles. The number of aryl methyl sites for hydroxylation is 1. The maximum Gasteiger partial charge on any atom is 0.277 e. The Morgan fingerprint density at radius 1 is 1.19 bits per heavy atom. The molecule has 0 atom stereocenters. The summed E-state index contributed by atoms with van der Waals surface area (Å²) in [6.45, 7) is 1.98. The van der Waals surface area contributed by atoms with E-state index in [4.69, 9.17) is 0 Å². The summed E-state index contributed by atoms with van der Waals surface area (Å²) in [5, 5.41) is 11.4. The van der Waals surface area contributed by atoms with Crippen LogP contribution in [-0.2, 0) is 7.05 Å². The maximum atomic E-state index is 12.5. The molecule has 4 rings (SSSR count). The highest BCUT2D eigenvalue weighted by molar-refractivity contribution is 9.10. The Kier molecular flexibility index (Phi) is 4.00. The lowest BCUT2D eigenvalue weighted by molar-refractivity contribution is 0.102. The van der Waals surface area contributed by atoms with Crippen molar-refractivity contribution in [3.05, 3.63) is 58.7 Å². The second kappa shape index (κ2) is 6.34. The number of fused-ring (bicyclic) bond motifs is 1. The van der Waals surface area contributed by atoms with Gasteiger partial charge in [0, 0.05) is 41.2 Å². The minimum Gasteiger partial charge on any atom is -0.305 e. The first kappa shape index (κ1) is 16.4. The second-order valence-electron chi connectivity index (χ2n) is 5.71. The van der Waals surface area contributed by atoms with Gasteiger partial charge in [0.1, 0.15) is 5.82 Å². The molecule has 0 aliphatic rings. The van der Waals surface area contributed by atoms with Gasteiger partial charge in [0.2, 0.25) is 0 Å². The summed E-state index contributed by atoms with van der Waals surface area (Å²) in [7, 11) is 1.88. The van der Waals surface area contributed by atoms with E-state index in [1.165, 1.54) is 0 Å². The molecule has 0 saturated heterocycles. The van der Waals surface area contributed by atoms with E-state index in [-0.39, 0.29) is 11.6 Å². The number of hydrogen-bond acceptors (Lipinski definition) is 5. The fourth-order valence-corrected chi connectivity index (χ4v) is 2.82. The van der Waals surface area contributed by atoms with Crippen molar-refractivity contribution in [3.8, 4) is 11.3 Å². The molecule has 0 spiro atoms. The number of anilines is 1. The molecule has 0 fully saturated rings. The molecule has 0 aromatic carbocycles. The molecule has 4 aromatic heterocycles. The zero-order valence-electron chi connectivity index (χ0n) is 14.0. The molecule has 4 heterocycles. The average Bonchev–Trinajstić information content (AvgIpc) is 3.21. The molecule has 1 N–H and O–H groups in total. The van der Waals surface area contributed by atoms with Gasteiger partial charge in [-0.3, -0.25) is 9.48 Å². The van der Waals surface area contributed by atoms with Crippen LogP contribution < -0.4 is 5.32 Å². The van der Waals surface area contributed by atoms with E-state index < -0.39 is 0 Å². The molecule has 130 valence electrons. The molecule has 0 bridgehead atoms. The second-order valence-corrected chi connectivity index (χ2v) is 6.63. The van der Waals surface area contributed by atoms with Crippen molar-refractivity contribution < 1.29 is 4.79 Å². The molecule has 0 saturated carbocycles. The summed E-state index contributed by atoms with van der Waals surface area (Å²) in [6, 6.07) is 7.00. The number of amides is 1. The molecule has 1 amide bonds. The van der Waals surface area contributed by atoms with Gasteiger partial charge in [0.25, 0.3) is 5.91 Å². The molecule has 4 aromatic rings. The minimum atomic E-state index is -0.348. The fraction of sp³-hybridized carbons (Fsp3) is 0.118. The summed E-state index contributed by atoms with van der Waals surface area (Å²) in [4.78, 5) is 20.9. The lowest BCUT2D eigenvalue weighted by Crippen LogP contribution is -2.13. The highest BCUT2D eigenvalue weighted by atomic mass is 79.9. The third-order valence-electron chi connectivity index (χ3n) is 4.07. The topological polar surface area (TPSA) is 90.0 Å². The maximum absolute atomic E-state index is 12.5. The molecule has 8 nitrogen and oxygen atoms in total. The van der Waals surface area contributed by atoms with Gasteiger partial charge in [0.05, 0.1) is 11.9 Å². The zero-order valence-corrected chi connectivity index (χ0v) is 15.6. The third kappa shape index (κ3) is 2.86.